The number of halogens is 1. The number of rotatable bonds is 7. The van der Waals surface area contributed by atoms with E-state index in [-0.39, 0.29) is 12.5 Å². The molecule has 0 aliphatic rings. The van der Waals surface area contributed by atoms with Gasteiger partial charge in [0.15, 0.2) is 18.1 Å². The average Bonchev–Trinajstić information content (AvgIpc) is 2.52. The van der Waals surface area contributed by atoms with Crippen molar-refractivity contribution in [1.29, 1.82) is 0 Å². The van der Waals surface area contributed by atoms with Crippen LogP contribution in [0.25, 0.3) is 6.08 Å². The average molecular weight is 328 g/mol. The van der Waals surface area contributed by atoms with Gasteiger partial charge in [-0.25, -0.2) is 4.79 Å². The van der Waals surface area contributed by atoms with Crippen molar-refractivity contribution in [3.8, 4) is 11.5 Å². The number of amides is 1. The van der Waals surface area contributed by atoms with E-state index in [9.17, 15) is 9.59 Å². The number of carbonyl (C=O) groups excluding carboxylic acids is 2. The lowest BCUT2D eigenvalue weighted by atomic mass is 10.2. The molecule has 0 aliphatic heterocycles. The fourth-order valence-corrected chi connectivity index (χ4v) is 1.82. The zero-order valence-corrected chi connectivity index (χ0v) is 13.4. The SMILES string of the molecule is CCOc1c(Cl)cc(/C=C/C(=O)OCC(=O)NC)cc1OC. The summed E-state index contributed by atoms with van der Waals surface area (Å²) in [4.78, 5) is 22.4. The summed E-state index contributed by atoms with van der Waals surface area (Å²) in [6.45, 7) is 1.97. The van der Waals surface area contributed by atoms with Gasteiger partial charge in [-0.15, -0.1) is 0 Å². The number of esters is 1. The van der Waals surface area contributed by atoms with Crippen LogP contribution >= 0.6 is 11.6 Å². The highest BCUT2D eigenvalue weighted by Crippen LogP contribution is 2.36. The van der Waals surface area contributed by atoms with Crippen LogP contribution in [-0.2, 0) is 14.3 Å². The van der Waals surface area contributed by atoms with Gasteiger partial charge in [0.25, 0.3) is 5.91 Å². The monoisotopic (exact) mass is 327 g/mol. The molecule has 0 fully saturated rings. The molecule has 1 aromatic carbocycles. The molecule has 0 aliphatic carbocycles. The molecule has 0 radical (unpaired) electrons. The van der Waals surface area contributed by atoms with Crippen LogP contribution in [0.4, 0.5) is 0 Å². The molecule has 0 aromatic heterocycles. The zero-order valence-electron chi connectivity index (χ0n) is 12.6. The van der Waals surface area contributed by atoms with Gasteiger partial charge in [0.2, 0.25) is 0 Å². The van der Waals surface area contributed by atoms with Crippen LogP contribution in [-0.4, -0.2) is 39.2 Å². The van der Waals surface area contributed by atoms with Crippen molar-refractivity contribution in [2.45, 2.75) is 6.92 Å². The number of methoxy groups -OCH3 is 1. The van der Waals surface area contributed by atoms with Crippen molar-refractivity contribution in [1.82, 2.24) is 5.32 Å². The fraction of sp³-hybridized carbons (Fsp3) is 0.333. The second-order valence-corrected chi connectivity index (χ2v) is 4.49. The van der Waals surface area contributed by atoms with Gasteiger partial charge in [0.05, 0.1) is 18.7 Å². The summed E-state index contributed by atoms with van der Waals surface area (Å²) in [5.41, 5.74) is 0.641. The third-order valence-corrected chi connectivity index (χ3v) is 2.86. The highest BCUT2D eigenvalue weighted by atomic mass is 35.5. The Morgan fingerprint density at radius 1 is 1.36 bits per heavy atom. The number of likely N-dealkylation sites (N-methyl/N-ethyl adjacent to an activating group) is 1. The molecular weight excluding hydrogens is 310 g/mol. The number of benzene rings is 1. The molecular formula is C15H18ClNO5. The molecule has 1 N–H and O–H groups in total. The van der Waals surface area contributed by atoms with Gasteiger partial charge in [-0.3, -0.25) is 4.79 Å². The summed E-state index contributed by atoms with van der Waals surface area (Å²) in [6.07, 6.45) is 2.71. The lowest BCUT2D eigenvalue weighted by molar-refractivity contribution is -0.143. The van der Waals surface area contributed by atoms with Gasteiger partial charge < -0.3 is 19.5 Å². The first-order chi connectivity index (χ1) is 10.5. The Balaban J connectivity index is 2.81. The maximum Gasteiger partial charge on any atom is 0.331 e. The Hall–Kier alpha value is -2.21. The van der Waals surface area contributed by atoms with Gasteiger partial charge in [0.1, 0.15) is 0 Å². The fourth-order valence-electron chi connectivity index (χ4n) is 1.54. The molecule has 1 aromatic rings. The van der Waals surface area contributed by atoms with Crippen molar-refractivity contribution in [3.05, 3.63) is 28.8 Å². The molecule has 22 heavy (non-hydrogen) atoms. The first-order valence-electron chi connectivity index (χ1n) is 6.57. The third kappa shape index (κ3) is 5.29. The van der Waals surface area contributed by atoms with Crippen LogP contribution in [0.2, 0.25) is 5.02 Å². The van der Waals surface area contributed by atoms with Gasteiger partial charge in [-0.05, 0) is 30.7 Å². The molecule has 1 amide bonds. The maximum absolute atomic E-state index is 11.5. The van der Waals surface area contributed by atoms with Gasteiger partial charge >= 0.3 is 5.97 Å². The smallest absolute Gasteiger partial charge is 0.331 e. The molecule has 120 valence electrons. The summed E-state index contributed by atoms with van der Waals surface area (Å²) in [6, 6.07) is 3.32. The largest absolute Gasteiger partial charge is 0.493 e. The van der Waals surface area contributed by atoms with Gasteiger partial charge in [0, 0.05) is 13.1 Å². The van der Waals surface area contributed by atoms with E-state index < -0.39 is 5.97 Å². The van der Waals surface area contributed by atoms with E-state index in [1.807, 2.05) is 6.92 Å². The molecule has 0 saturated carbocycles. The van der Waals surface area contributed by atoms with Gasteiger partial charge in [-0.1, -0.05) is 11.6 Å². The summed E-state index contributed by atoms with van der Waals surface area (Å²) >= 11 is 6.12. The Morgan fingerprint density at radius 3 is 2.68 bits per heavy atom. The quantitative estimate of drug-likeness (QED) is 0.613. The Labute approximate surface area is 134 Å². The van der Waals surface area contributed by atoms with E-state index >= 15 is 0 Å². The highest BCUT2D eigenvalue weighted by molar-refractivity contribution is 6.32. The lowest BCUT2D eigenvalue weighted by Crippen LogP contribution is -2.24. The normalized spacial score (nSPS) is 10.4. The van der Waals surface area contributed by atoms with Crippen LogP contribution in [0.3, 0.4) is 0 Å². The third-order valence-electron chi connectivity index (χ3n) is 2.58. The molecule has 0 heterocycles. The minimum absolute atomic E-state index is 0.326. The minimum Gasteiger partial charge on any atom is -0.493 e. The van der Waals surface area contributed by atoms with Gasteiger partial charge in [-0.2, -0.15) is 0 Å². The maximum atomic E-state index is 11.5. The zero-order chi connectivity index (χ0) is 16.5. The van der Waals surface area contributed by atoms with Crippen molar-refractivity contribution in [2.75, 3.05) is 27.4 Å². The van der Waals surface area contributed by atoms with Crippen LogP contribution < -0.4 is 14.8 Å². The number of hydrogen-bond donors (Lipinski definition) is 1. The van der Waals surface area contributed by atoms with Crippen molar-refractivity contribution in [3.63, 3.8) is 0 Å². The molecule has 0 atom stereocenters. The standard InChI is InChI=1S/C15H18ClNO5/c1-4-21-15-11(16)7-10(8-12(15)20-3)5-6-14(19)22-9-13(18)17-2/h5-8H,4,9H2,1-3H3,(H,17,18)/b6-5+. The summed E-state index contributed by atoms with van der Waals surface area (Å²) in [5, 5.41) is 2.72. The number of hydrogen-bond acceptors (Lipinski definition) is 5. The van der Waals surface area contributed by atoms with Crippen molar-refractivity contribution >= 4 is 29.6 Å². The van der Waals surface area contributed by atoms with Crippen LogP contribution in [0.15, 0.2) is 18.2 Å². The summed E-state index contributed by atoms with van der Waals surface area (Å²) in [7, 11) is 2.96. The van der Waals surface area contributed by atoms with E-state index in [0.717, 1.165) is 0 Å². The number of carbonyl (C=O) groups is 2. The van der Waals surface area contributed by atoms with E-state index in [2.05, 4.69) is 5.32 Å². The topological polar surface area (TPSA) is 73.9 Å². The Morgan fingerprint density at radius 2 is 2.09 bits per heavy atom. The van der Waals surface area contributed by atoms with Crippen molar-refractivity contribution < 1.29 is 23.8 Å². The molecule has 7 heteroatoms. The van der Waals surface area contributed by atoms with E-state index in [1.54, 1.807) is 12.1 Å². The van der Waals surface area contributed by atoms with Crippen molar-refractivity contribution in [2.24, 2.45) is 0 Å². The molecule has 0 saturated heterocycles. The second kappa shape index (κ2) is 8.94. The van der Waals surface area contributed by atoms with E-state index in [1.165, 1.54) is 26.3 Å². The molecule has 0 spiro atoms. The molecule has 0 bridgehead atoms. The Bertz CT molecular complexity index is 571. The summed E-state index contributed by atoms with van der Waals surface area (Å²) in [5.74, 6) is -0.0983. The first-order valence-corrected chi connectivity index (χ1v) is 6.95. The summed E-state index contributed by atoms with van der Waals surface area (Å²) < 4.78 is 15.3. The second-order valence-electron chi connectivity index (χ2n) is 4.08. The molecule has 1 rings (SSSR count). The Kier molecular flexibility index (Phi) is 7.25. The van der Waals surface area contributed by atoms with E-state index in [0.29, 0.717) is 28.7 Å². The number of ether oxygens (including phenoxy) is 3. The number of nitrogens with one attached hydrogen (secondary N) is 1. The molecule has 6 nitrogen and oxygen atoms in total. The highest BCUT2D eigenvalue weighted by Gasteiger charge is 2.11. The van der Waals surface area contributed by atoms with Crippen LogP contribution in [0.1, 0.15) is 12.5 Å². The van der Waals surface area contributed by atoms with Crippen LogP contribution in [0, 0.1) is 0 Å². The van der Waals surface area contributed by atoms with E-state index in [4.69, 9.17) is 25.8 Å². The predicted octanol–water partition coefficient (Wildman–Crippen LogP) is 2.05. The van der Waals surface area contributed by atoms with Crippen LogP contribution in [0.5, 0.6) is 11.5 Å². The molecule has 0 unspecified atom stereocenters. The lowest BCUT2D eigenvalue weighted by Gasteiger charge is -2.11. The first kappa shape index (κ1) is 17.8. The minimum atomic E-state index is -0.632. The predicted molar refractivity (Wildman–Crippen MR) is 83.2 cm³/mol.